The van der Waals surface area contributed by atoms with E-state index in [9.17, 15) is 4.79 Å². The van der Waals surface area contributed by atoms with E-state index in [0.717, 1.165) is 4.47 Å². The van der Waals surface area contributed by atoms with Crippen LogP contribution in [-0.2, 0) is 4.74 Å². The summed E-state index contributed by atoms with van der Waals surface area (Å²) < 4.78 is 5.55. The second kappa shape index (κ2) is 4.87. The van der Waals surface area contributed by atoms with Gasteiger partial charge in [-0.25, -0.2) is 4.79 Å². The van der Waals surface area contributed by atoms with Crippen molar-refractivity contribution < 1.29 is 9.53 Å². The normalized spacial score (nSPS) is 9.38. The molecule has 4 heteroatoms. The lowest BCUT2D eigenvalue weighted by Crippen LogP contribution is -2.12. The molecule has 1 N–H and O–H groups in total. The summed E-state index contributed by atoms with van der Waals surface area (Å²) in [6.07, 6.45) is -0.446. The van der Waals surface area contributed by atoms with Gasteiger partial charge in [0.25, 0.3) is 0 Å². The minimum Gasteiger partial charge on any atom is -0.450 e. The summed E-state index contributed by atoms with van der Waals surface area (Å²) in [6, 6.07) is 8.12. The van der Waals surface area contributed by atoms with E-state index in [0.29, 0.717) is 12.3 Å². The average molecular weight is 243 g/mol. The number of ether oxygens (including phenoxy) is 1. The predicted octanol–water partition coefficient (Wildman–Crippen LogP) is 2.82. The molecule has 69 valence electrons. The summed E-state index contributed by atoms with van der Waals surface area (Å²) in [6.45, 7) is 2.12. The van der Waals surface area contributed by atoms with Crippen LogP contribution in [-0.4, -0.2) is 12.7 Å². The Kier molecular flexibility index (Phi) is 3.76. The van der Waals surface area contributed by atoms with Gasteiger partial charge in [0.1, 0.15) is 0 Å². The van der Waals surface area contributed by atoms with Crippen LogP contribution in [0.15, 0.2) is 22.7 Å². The summed E-state index contributed by atoms with van der Waals surface area (Å²) in [5.74, 6) is 0. The highest BCUT2D eigenvalue weighted by Gasteiger charge is 2.00. The minimum absolute atomic E-state index is 0.367. The molecule has 0 heterocycles. The molecule has 0 aliphatic carbocycles. The van der Waals surface area contributed by atoms with Crippen LogP contribution in [0.25, 0.3) is 0 Å². The van der Waals surface area contributed by atoms with E-state index in [2.05, 4.69) is 27.3 Å². The minimum atomic E-state index is -0.446. The summed E-state index contributed by atoms with van der Waals surface area (Å²) >= 11 is 3.24. The molecule has 0 aliphatic heterocycles. The first-order chi connectivity index (χ1) is 6.22. The van der Waals surface area contributed by atoms with Gasteiger partial charge in [0.15, 0.2) is 0 Å². The fourth-order valence-electron chi connectivity index (χ4n) is 0.769. The third kappa shape index (κ3) is 3.46. The number of halogens is 1. The van der Waals surface area contributed by atoms with Gasteiger partial charge in [-0.2, -0.15) is 0 Å². The van der Waals surface area contributed by atoms with Gasteiger partial charge in [0.05, 0.1) is 6.61 Å². The smallest absolute Gasteiger partial charge is 0.411 e. The monoisotopic (exact) mass is 242 g/mol. The van der Waals surface area contributed by atoms with Gasteiger partial charge < -0.3 is 4.74 Å². The third-order valence-corrected chi connectivity index (χ3v) is 1.79. The zero-order valence-electron chi connectivity index (χ0n) is 7.13. The van der Waals surface area contributed by atoms with Gasteiger partial charge in [-0.15, -0.1) is 0 Å². The molecular formula is C9H9BrNO2. The lowest BCUT2D eigenvalue weighted by Gasteiger charge is -2.04. The van der Waals surface area contributed by atoms with E-state index in [4.69, 9.17) is 4.74 Å². The van der Waals surface area contributed by atoms with Crippen molar-refractivity contribution in [3.8, 4) is 0 Å². The summed E-state index contributed by atoms with van der Waals surface area (Å²) in [7, 11) is 0. The zero-order valence-corrected chi connectivity index (χ0v) is 8.72. The Morgan fingerprint density at radius 2 is 2.46 bits per heavy atom. The van der Waals surface area contributed by atoms with Gasteiger partial charge >= 0.3 is 6.09 Å². The van der Waals surface area contributed by atoms with Crippen molar-refractivity contribution in [1.82, 2.24) is 0 Å². The van der Waals surface area contributed by atoms with E-state index >= 15 is 0 Å². The van der Waals surface area contributed by atoms with Gasteiger partial charge in [0, 0.05) is 10.2 Å². The highest BCUT2D eigenvalue weighted by molar-refractivity contribution is 9.10. The molecule has 0 saturated carbocycles. The Labute approximate surface area is 85.2 Å². The summed E-state index contributed by atoms with van der Waals surface area (Å²) in [4.78, 5) is 10.9. The number of carbonyl (C=O) groups is 1. The molecule has 1 aromatic carbocycles. The van der Waals surface area contributed by atoms with Crippen LogP contribution < -0.4 is 5.32 Å². The van der Waals surface area contributed by atoms with Crippen LogP contribution in [0.5, 0.6) is 0 Å². The molecule has 0 spiro atoms. The molecule has 0 saturated heterocycles. The number of nitrogens with one attached hydrogen (secondary N) is 1. The number of anilines is 1. The maximum absolute atomic E-state index is 10.9. The predicted molar refractivity (Wildman–Crippen MR) is 53.6 cm³/mol. The molecule has 0 atom stereocenters. The molecule has 0 aromatic heterocycles. The number of benzene rings is 1. The first-order valence-electron chi connectivity index (χ1n) is 3.83. The van der Waals surface area contributed by atoms with E-state index in [1.165, 1.54) is 0 Å². The largest absolute Gasteiger partial charge is 0.450 e. The van der Waals surface area contributed by atoms with E-state index < -0.39 is 6.09 Å². The van der Waals surface area contributed by atoms with Crippen molar-refractivity contribution in [2.45, 2.75) is 6.92 Å². The van der Waals surface area contributed by atoms with Crippen molar-refractivity contribution in [2.24, 2.45) is 0 Å². The maximum Gasteiger partial charge on any atom is 0.411 e. The highest BCUT2D eigenvalue weighted by Crippen LogP contribution is 2.13. The molecule has 0 unspecified atom stereocenters. The summed E-state index contributed by atoms with van der Waals surface area (Å²) in [5, 5.41) is 2.56. The highest BCUT2D eigenvalue weighted by atomic mass is 79.9. The fourth-order valence-corrected chi connectivity index (χ4v) is 1.02. The van der Waals surface area contributed by atoms with E-state index in [1.54, 1.807) is 25.1 Å². The number of amides is 1. The number of hydrogen-bond donors (Lipinski definition) is 1. The van der Waals surface area contributed by atoms with Crippen LogP contribution in [0.2, 0.25) is 0 Å². The van der Waals surface area contributed by atoms with Crippen molar-refractivity contribution >= 4 is 27.7 Å². The third-order valence-electron chi connectivity index (χ3n) is 1.30. The second-order valence-electron chi connectivity index (χ2n) is 2.27. The molecule has 1 radical (unpaired) electrons. The van der Waals surface area contributed by atoms with Crippen LogP contribution in [0, 0.1) is 6.07 Å². The molecule has 3 nitrogen and oxygen atoms in total. The molecule has 1 rings (SSSR count). The average Bonchev–Trinajstić information content (AvgIpc) is 2.09. The van der Waals surface area contributed by atoms with Crippen LogP contribution >= 0.6 is 15.9 Å². The van der Waals surface area contributed by atoms with E-state index in [-0.39, 0.29) is 0 Å². The van der Waals surface area contributed by atoms with Gasteiger partial charge in [-0.3, -0.25) is 5.32 Å². The molecule has 1 amide bonds. The fraction of sp³-hybridized carbons (Fsp3) is 0.222. The molecular weight excluding hydrogens is 234 g/mol. The summed E-state index contributed by atoms with van der Waals surface area (Å²) in [5.41, 5.74) is 0.668. The molecule has 1 aromatic rings. The number of hydrogen-bond acceptors (Lipinski definition) is 2. The van der Waals surface area contributed by atoms with Crippen LogP contribution in [0.1, 0.15) is 6.92 Å². The quantitative estimate of drug-likeness (QED) is 0.867. The Morgan fingerprint density at radius 3 is 3.00 bits per heavy atom. The first kappa shape index (κ1) is 10.1. The number of rotatable bonds is 2. The molecule has 0 bridgehead atoms. The number of carbonyl (C=O) groups excluding carboxylic acids is 1. The zero-order chi connectivity index (χ0) is 9.68. The van der Waals surface area contributed by atoms with Crippen molar-refractivity contribution in [1.29, 1.82) is 0 Å². The van der Waals surface area contributed by atoms with E-state index in [1.807, 2.05) is 0 Å². The van der Waals surface area contributed by atoms with Gasteiger partial charge in [-0.1, -0.05) is 15.9 Å². The van der Waals surface area contributed by atoms with Crippen molar-refractivity contribution in [3.63, 3.8) is 0 Å². The standard InChI is InChI=1S/C9H9BrNO2/c1-2-13-9(12)11-8-5-3-7(10)4-6-8/h3,5-6H,2H2,1H3,(H,11,12). The second-order valence-corrected chi connectivity index (χ2v) is 3.13. The Balaban J connectivity index is 2.54. The maximum atomic E-state index is 10.9. The topological polar surface area (TPSA) is 38.3 Å². The van der Waals surface area contributed by atoms with Gasteiger partial charge in [0.2, 0.25) is 0 Å². The lowest BCUT2D eigenvalue weighted by atomic mass is 10.3. The van der Waals surface area contributed by atoms with Crippen LogP contribution in [0.3, 0.4) is 0 Å². The Hall–Kier alpha value is -1.03. The SMILES string of the molecule is CCOC(=O)Nc1c[c]c(Br)cc1. The molecule has 0 aliphatic rings. The Bertz CT molecular complexity index is 284. The first-order valence-corrected chi connectivity index (χ1v) is 4.62. The molecule has 0 fully saturated rings. The molecule has 13 heavy (non-hydrogen) atoms. The van der Waals surface area contributed by atoms with Crippen molar-refractivity contribution in [3.05, 3.63) is 28.7 Å². The van der Waals surface area contributed by atoms with Crippen LogP contribution in [0.4, 0.5) is 10.5 Å². The van der Waals surface area contributed by atoms with Gasteiger partial charge in [-0.05, 0) is 31.2 Å². The Morgan fingerprint density at radius 1 is 1.69 bits per heavy atom. The van der Waals surface area contributed by atoms with Crippen molar-refractivity contribution in [2.75, 3.05) is 11.9 Å². The lowest BCUT2D eigenvalue weighted by molar-refractivity contribution is 0.168.